The molecule has 0 aliphatic rings. The van der Waals surface area contributed by atoms with Crippen molar-refractivity contribution < 1.29 is 14.3 Å². The van der Waals surface area contributed by atoms with Gasteiger partial charge in [0.25, 0.3) is 0 Å². The molecular formula is C9H17O3. The first-order valence-corrected chi connectivity index (χ1v) is 4.26. The lowest BCUT2D eigenvalue weighted by Gasteiger charge is -2.13. The van der Waals surface area contributed by atoms with Crippen LogP contribution in [0.2, 0.25) is 0 Å². The van der Waals surface area contributed by atoms with Crippen molar-refractivity contribution in [2.75, 3.05) is 0 Å². The fourth-order valence-electron chi connectivity index (χ4n) is 0.495. The first kappa shape index (κ1) is 11.3. The third-order valence-corrected chi connectivity index (χ3v) is 1.62. The number of hydrogen-bond acceptors (Lipinski definition) is 3. The first-order valence-electron chi connectivity index (χ1n) is 4.26. The molecule has 0 aromatic rings. The van der Waals surface area contributed by atoms with Crippen LogP contribution in [0, 0.1) is 6.42 Å². The van der Waals surface area contributed by atoms with Crippen LogP contribution in [0.4, 0.5) is 4.79 Å². The van der Waals surface area contributed by atoms with Crippen LogP contribution in [0.3, 0.4) is 0 Å². The molecule has 2 atom stereocenters. The summed E-state index contributed by atoms with van der Waals surface area (Å²) in [6, 6.07) is 0. The van der Waals surface area contributed by atoms with E-state index < -0.39 is 6.16 Å². The topological polar surface area (TPSA) is 35.5 Å². The van der Waals surface area contributed by atoms with Crippen LogP contribution in [0.15, 0.2) is 0 Å². The fourth-order valence-corrected chi connectivity index (χ4v) is 0.495. The molecule has 2 unspecified atom stereocenters. The quantitative estimate of drug-likeness (QED) is 0.613. The molecule has 0 N–H and O–H groups in total. The van der Waals surface area contributed by atoms with E-state index in [4.69, 9.17) is 9.47 Å². The molecule has 0 aromatic heterocycles. The highest BCUT2D eigenvalue weighted by atomic mass is 16.7. The first-order chi connectivity index (χ1) is 5.60. The van der Waals surface area contributed by atoms with E-state index in [0.29, 0.717) is 0 Å². The van der Waals surface area contributed by atoms with Gasteiger partial charge in [-0.15, -0.1) is 0 Å². The Morgan fingerprint density at radius 3 is 2.42 bits per heavy atom. The Bertz CT molecular complexity index is 120. The zero-order valence-corrected chi connectivity index (χ0v) is 8.16. The van der Waals surface area contributed by atoms with Gasteiger partial charge < -0.3 is 9.47 Å². The maximum atomic E-state index is 10.9. The van der Waals surface area contributed by atoms with Crippen molar-refractivity contribution in [2.24, 2.45) is 0 Å². The second kappa shape index (κ2) is 5.86. The zero-order valence-electron chi connectivity index (χ0n) is 8.16. The molecular weight excluding hydrogens is 156 g/mol. The van der Waals surface area contributed by atoms with Crippen molar-refractivity contribution >= 4 is 6.16 Å². The van der Waals surface area contributed by atoms with Crippen LogP contribution in [0.5, 0.6) is 0 Å². The predicted octanol–water partition coefficient (Wildman–Crippen LogP) is 2.55. The molecule has 0 fully saturated rings. The Hall–Kier alpha value is -0.730. The van der Waals surface area contributed by atoms with Crippen molar-refractivity contribution in [3.63, 3.8) is 0 Å². The number of ether oxygens (including phenoxy) is 2. The van der Waals surface area contributed by atoms with Gasteiger partial charge in [0.1, 0.15) is 12.2 Å². The standard InChI is InChI=1S/C9H17O3/c1-5-7(3)11-9(10)12-8(4)6-2/h5,7-8H,6H2,1-4H3. The van der Waals surface area contributed by atoms with Crippen LogP contribution >= 0.6 is 0 Å². The van der Waals surface area contributed by atoms with Crippen LogP contribution in [-0.2, 0) is 9.47 Å². The van der Waals surface area contributed by atoms with Gasteiger partial charge in [-0.25, -0.2) is 4.79 Å². The van der Waals surface area contributed by atoms with E-state index in [1.54, 1.807) is 13.3 Å². The molecule has 12 heavy (non-hydrogen) atoms. The molecule has 3 nitrogen and oxygen atoms in total. The highest BCUT2D eigenvalue weighted by Crippen LogP contribution is 2.02. The van der Waals surface area contributed by atoms with E-state index in [-0.39, 0.29) is 12.2 Å². The monoisotopic (exact) mass is 173 g/mol. The minimum atomic E-state index is -0.588. The Morgan fingerprint density at radius 1 is 1.42 bits per heavy atom. The van der Waals surface area contributed by atoms with Gasteiger partial charge in [0, 0.05) is 0 Å². The van der Waals surface area contributed by atoms with Gasteiger partial charge in [0.15, 0.2) is 0 Å². The van der Waals surface area contributed by atoms with Gasteiger partial charge in [-0.1, -0.05) is 13.8 Å². The lowest BCUT2D eigenvalue weighted by molar-refractivity contribution is 0.0141. The summed E-state index contributed by atoms with van der Waals surface area (Å²) in [5.41, 5.74) is 0. The molecule has 0 saturated heterocycles. The summed E-state index contributed by atoms with van der Waals surface area (Å²) in [5.74, 6) is 0. The molecule has 0 aromatic carbocycles. The lowest BCUT2D eigenvalue weighted by atomic mass is 10.3. The van der Waals surface area contributed by atoms with E-state index >= 15 is 0 Å². The van der Waals surface area contributed by atoms with Gasteiger partial charge in [-0.05, 0) is 26.7 Å². The number of carbonyl (C=O) groups excluding carboxylic acids is 1. The highest BCUT2D eigenvalue weighted by molar-refractivity contribution is 5.60. The van der Waals surface area contributed by atoms with E-state index in [0.717, 1.165) is 6.42 Å². The maximum Gasteiger partial charge on any atom is 0.508 e. The smallest absolute Gasteiger partial charge is 0.431 e. The summed E-state index contributed by atoms with van der Waals surface area (Å²) < 4.78 is 9.75. The number of carbonyl (C=O) groups is 1. The number of rotatable bonds is 4. The summed E-state index contributed by atoms with van der Waals surface area (Å²) in [6.07, 6.45) is 1.76. The molecule has 0 spiro atoms. The highest BCUT2D eigenvalue weighted by Gasteiger charge is 2.11. The van der Waals surface area contributed by atoms with Crippen LogP contribution in [-0.4, -0.2) is 18.4 Å². The lowest BCUT2D eigenvalue weighted by Crippen LogP contribution is -2.19. The molecule has 0 bridgehead atoms. The maximum absolute atomic E-state index is 10.9. The van der Waals surface area contributed by atoms with Crippen molar-refractivity contribution in [1.82, 2.24) is 0 Å². The second-order valence-corrected chi connectivity index (χ2v) is 2.74. The minimum Gasteiger partial charge on any atom is -0.431 e. The molecule has 0 heterocycles. The Labute approximate surface area is 74.0 Å². The fraction of sp³-hybridized carbons (Fsp3) is 0.778. The van der Waals surface area contributed by atoms with Crippen LogP contribution < -0.4 is 0 Å². The molecule has 71 valence electrons. The average molecular weight is 173 g/mol. The summed E-state index contributed by atoms with van der Waals surface area (Å²) in [5, 5.41) is 0. The molecule has 0 rings (SSSR count). The van der Waals surface area contributed by atoms with Gasteiger partial charge in [-0.2, -0.15) is 0 Å². The number of hydrogen-bond donors (Lipinski definition) is 0. The van der Waals surface area contributed by atoms with E-state index in [9.17, 15) is 4.79 Å². The molecule has 0 aliphatic heterocycles. The van der Waals surface area contributed by atoms with E-state index in [1.807, 2.05) is 20.8 Å². The van der Waals surface area contributed by atoms with Gasteiger partial charge in [-0.3, -0.25) is 0 Å². The third-order valence-electron chi connectivity index (χ3n) is 1.62. The third kappa shape index (κ3) is 4.99. The Morgan fingerprint density at radius 2 is 2.00 bits per heavy atom. The van der Waals surface area contributed by atoms with Crippen molar-refractivity contribution in [2.45, 2.75) is 46.3 Å². The Balaban J connectivity index is 3.59. The van der Waals surface area contributed by atoms with E-state index in [1.165, 1.54) is 0 Å². The summed E-state index contributed by atoms with van der Waals surface area (Å²) in [4.78, 5) is 10.9. The predicted molar refractivity (Wildman–Crippen MR) is 46.8 cm³/mol. The largest absolute Gasteiger partial charge is 0.508 e. The van der Waals surface area contributed by atoms with Crippen LogP contribution in [0.1, 0.15) is 34.1 Å². The Kier molecular flexibility index (Phi) is 5.51. The van der Waals surface area contributed by atoms with E-state index in [2.05, 4.69) is 0 Å². The van der Waals surface area contributed by atoms with Gasteiger partial charge in [0.2, 0.25) is 0 Å². The average Bonchev–Trinajstić information content (AvgIpc) is 2.03. The summed E-state index contributed by atoms with van der Waals surface area (Å²) in [7, 11) is 0. The molecule has 3 heteroatoms. The van der Waals surface area contributed by atoms with Crippen LogP contribution in [0.25, 0.3) is 0 Å². The molecule has 0 amide bonds. The van der Waals surface area contributed by atoms with Crippen molar-refractivity contribution in [1.29, 1.82) is 0 Å². The van der Waals surface area contributed by atoms with Gasteiger partial charge >= 0.3 is 6.16 Å². The molecule has 0 aliphatic carbocycles. The zero-order chi connectivity index (χ0) is 9.56. The van der Waals surface area contributed by atoms with Gasteiger partial charge in [0.05, 0.1) is 0 Å². The summed E-state index contributed by atoms with van der Waals surface area (Å²) >= 11 is 0. The SMILES string of the molecule is C[CH]C(C)OC(=O)OC(C)CC. The molecule has 1 radical (unpaired) electrons. The second-order valence-electron chi connectivity index (χ2n) is 2.74. The normalized spacial score (nSPS) is 15.0. The summed E-state index contributed by atoms with van der Waals surface area (Å²) in [6.45, 7) is 7.41. The van der Waals surface area contributed by atoms with Crippen molar-refractivity contribution in [3.05, 3.63) is 6.42 Å². The van der Waals surface area contributed by atoms with Crippen molar-refractivity contribution in [3.8, 4) is 0 Å². The minimum absolute atomic E-state index is 0.0680. The molecule has 0 saturated carbocycles.